The molecular weight excluding hydrogens is 314 g/mol. The number of hydrogen-bond donors (Lipinski definition) is 2. The van der Waals surface area contributed by atoms with Gasteiger partial charge in [-0.25, -0.2) is 8.42 Å². The Labute approximate surface area is 139 Å². The van der Waals surface area contributed by atoms with Gasteiger partial charge in [-0.2, -0.15) is 4.31 Å². The minimum absolute atomic E-state index is 0.186. The summed E-state index contributed by atoms with van der Waals surface area (Å²) < 4.78 is 26.1. The number of carbonyl (C=O) groups is 1. The first-order chi connectivity index (χ1) is 10.9. The van der Waals surface area contributed by atoms with E-state index >= 15 is 0 Å². The van der Waals surface area contributed by atoms with E-state index in [0.29, 0.717) is 25.2 Å². The van der Waals surface area contributed by atoms with Crippen LogP contribution in [0.2, 0.25) is 0 Å². The molecule has 130 valence electrons. The normalized spacial score (nSPS) is 13.1. The van der Waals surface area contributed by atoms with Crippen molar-refractivity contribution in [2.24, 2.45) is 0 Å². The van der Waals surface area contributed by atoms with Crippen molar-refractivity contribution in [2.75, 3.05) is 26.2 Å². The smallest absolute Gasteiger partial charge is 0.251 e. The topological polar surface area (TPSA) is 78.5 Å². The largest absolute Gasteiger partial charge is 0.350 e. The van der Waals surface area contributed by atoms with E-state index in [4.69, 9.17) is 0 Å². The van der Waals surface area contributed by atoms with Crippen LogP contribution >= 0.6 is 0 Å². The third-order valence-corrected chi connectivity index (χ3v) is 5.65. The van der Waals surface area contributed by atoms with Crippen LogP contribution in [-0.2, 0) is 10.0 Å². The van der Waals surface area contributed by atoms with Crippen molar-refractivity contribution in [1.82, 2.24) is 14.9 Å². The van der Waals surface area contributed by atoms with Crippen LogP contribution in [-0.4, -0.2) is 50.9 Å². The molecule has 0 saturated heterocycles. The summed E-state index contributed by atoms with van der Waals surface area (Å²) in [5.41, 5.74) is 0.451. The molecule has 0 aliphatic heterocycles. The standard InChI is InChI=1S/C16H27N3O3S/c1-5-17-13(4)12-18-16(20)14-8-10-15(11-9-14)23(21,22)19(6-2)7-3/h8-11,13,17H,5-7,12H2,1-4H3,(H,18,20)/t13-/m1/s1. The average molecular weight is 341 g/mol. The Hall–Kier alpha value is -1.44. The van der Waals surface area contributed by atoms with Crippen LogP contribution in [0.1, 0.15) is 38.1 Å². The van der Waals surface area contributed by atoms with Crippen molar-refractivity contribution in [1.29, 1.82) is 0 Å². The number of amides is 1. The number of sulfonamides is 1. The molecule has 0 radical (unpaired) electrons. The fraction of sp³-hybridized carbons (Fsp3) is 0.562. The zero-order chi connectivity index (χ0) is 17.5. The Morgan fingerprint density at radius 2 is 1.70 bits per heavy atom. The van der Waals surface area contributed by atoms with Crippen molar-refractivity contribution in [3.05, 3.63) is 29.8 Å². The van der Waals surface area contributed by atoms with Crippen molar-refractivity contribution in [3.63, 3.8) is 0 Å². The Balaban J connectivity index is 2.78. The number of carbonyl (C=O) groups excluding carboxylic acids is 1. The predicted octanol–water partition coefficient (Wildman–Crippen LogP) is 1.44. The molecule has 1 atom stereocenters. The van der Waals surface area contributed by atoms with Gasteiger partial charge in [0.05, 0.1) is 4.90 Å². The second kappa shape index (κ2) is 9.00. The number of likely N-dealkylation sites (N-methyl/N-ethyl adjacent to an activating group) is 1. The molecule has 23 heavy (non-hydrogen) atoms. The van der Waals surface area contributed by atoms with E-state index < -0.39 is 10.0 Å². The van der Waals surface area contributed by atoms with Gasteiger partial charge in [0, 0.05) is 31.2 Å². The van der Waals surface area contributed by atoms with Gasteiger partial charge in [-0.1, -0.05) is 20.8 Å². The van der Waals surface area contributed by atoms with Gasteiger partial charge >= 0.3 is 0 Å². The first kappa shape index (κ1) is 19.6. The van der Waals surface area contributed by atoms with E-state index in [-0.39, 0.29) is 16.8 Å². The molecule has 0 unspecified atom stereocenters. The molecule has 1 rings (SSSR count). The number of nitrogens with one attached hydrogen (secondary N) is 2. The Morgan fingerprint density at radius 3 is 2.17 bits per heavy atom. The van der Waals surface area contributed by atoms with Crippen LogP contribution in [0, 0.1) is 0 Å². The van der Waals surface area contributed by atoms with Gasteiger partial charge < -0.3 is 10.6 Å². The fourth-order valence-corrected chi connectivity index (χ4v) is 3.72. The van der Waals surface area contributed by atoms with Gasteiger partial charge in [0.25, 0.3) is 5.91 Å². The van der Waals surface area contributed by atoms with Crippen molar-refractivity contribution in [2.45, 2.75) is 38.6 Å². The maximum absolute atomic E-state index is 12.4. The van der Waals surface area contributed by atoms with E-state index in [1.807, 2.05) is 13.8 Å². The van der Waals surface area contributed by atoms with E-state index in [1.165, 1.54) is 16.4 Å². The minimum atomic E-state index is -3.49. The summed E-state index contributed by atoms with van der Waals surface area (Å²) in [6.07, 6.45) is 0. The second-order valence-corrected chi connectivity index (χ2v) is 7.22. The van der Waals surface area contributed by atoms with Gasteiger partial charge in [-0.3, -0.25) is 4.79 Å². The SMILES string of the molecule is CCN[C@H](C)CNC(=O)c1ccc(S(=O)(=O)N(CC)CC)cc1. The summed E-state index contributed by atoms with van der Waals surface area (Å²) in [6.45, 7) is 9.80. The zero-order valence-electron chi connectivity index (χ0n) is 14.3. The van der Waals surface area contributed by atoms with Gasteiger partial charge in [0.15, 0.2) is 0 Å². The molecule has 2 N–H and O–H groups in total. The lowest BCUT2D eigenvalue weighted by molar-refractivity contribution is 0.0950. The monoisotopic (exact) mass is 341 g/mol. The summed E-state index contributed by atoms with van der Waals surface area (Å²) in [5.74, 6) is -0.207. The molecule has 6 nitrogen and oxygen atoms in total. The van der Waals surface area contributed by atoms with Crippen LogP contribution in [0.5, 0.6) is 0 Å². The third kappa shape index (κ3) is 5.30. The maximum atomic E-state index is 12.4. The van der Waals surface area contributed by atoms with Gasteiger partial charge in [-0.05, 0) is 37.7 Å². The molecule has 0 bridgehead atoms. The summed E-state index contributed by atoms with van der Waals surface area (Å²) >= 11 is 0. The predicted molar refractivity (Wildman–Crippen MR) is 92.0 cm³/mol. The Bertz CT molecular complexity index is 596. The highest BCUT2D eigenvalue weighted by atomic mass is 32.2. The van der Waals surface area contributed by atoms with E-state index in [2.05, 4.69) is 10.6 Å². The second-order valence-electron chi connectivity index (χ2n) is 5.28. The van der Waals surface area contributed by atoms with Crippen molar-refractivity contribution in [3.8, 4) is 0 Å². The zero-order valence-corrected chi connectivity index (χ0v) is 15.1. The highest BCUT2D eigenvalue weighted by Crippen LogP contribution is 2.16. The molecule has 0 heterocycles. The number of benzene rings is 1. The van der Waals surface area contributed by atoms with Gasteiger partial charge in [-0.15, -0.1) is 0 Å². The molecule has 0 fully saturated rings. The molecule has 0 saturated carbocycles. The lowest BCUT2D eigenvalue weighted by Gasteiger charge is -2.18. The molecule has 1 aromatic carbocycles. The van der Waals surface area contributed by atoms with Crippen LogP contribution < -0.4 is 10.6 Å². The summed E-state index contributed by atoms with van der Waals surface area (Å²) in [6, 6.07) is 6.24. The number of hydrogen-bond acceptors (Lipinski definition) is 4. The molecule has 0 spiro atoms. The van der Waals surface area contributed by atoms with E-state index in [1.54, 1.807) is 26.0 Å². The molecule has 7 heteroatoms. The van der Waals surface area contributed by atoms with Crippen LogP contribution in [0.25, 0.3) is 0 Å². The molecule has 0 aliphatic carbocycles. The minimum Gasteiger partial charge on any atom is -0.350 e. The van der Waals surface area contributed by atoms with Crippen LogP contribution in [0.3, 0.4) is 0 Å². The quantitative estimate of drug-likeness (QED) is 0.712. The van der Waals surface area contributed by atoms with E-state index in [0.717, 1.165) is 6.54 Å². The third-order valence-electron chi connectivity index (χ3n) is 3.58. The molecular formula is C16H27N3O3S. The van der Waals surface area contributed by atoms with Gasteiger partial charge in [0.2, 0.25) is 10.0 Å². The average Bonchev–Trinajstić information content (AvgIpc) is 2.54. The van der Waals surface area contributed by atoms with Gasteiger partial charge in [0.1, 0.15) is 0 Å². The highest BCUT2D eigenvalue weighted by molar-refractivity contribution is 7.89. The number of nitrogens with zero attached hydrogens (tertiary/aromatic N) is 1. The summed E-state index contributed by atoms with van der Waals surface area (Å²) in [7, 11) is -3.49. The Kier molecular flexibility index (Phi) is 7.67. The summed E-state index contributed by atoms with van der Waals surface area (Å²) in [4.78, 5) is 12.3. The lowest BCUT2D eigenvalue weighted by atomic mass is 10.2. The first-order valence-electron chi connectivity index (χ1n) is 7.98. The van der Waals surface area contributed by atoms with E-state index in [9.17, 15) is 13.2 Å². The summed E-state index contributed by atoms with van der Waals surface area (Å²) in [5, 5.41) is 6.03. The van der Waals surface area contributed by atoms with Crippen molar-refractivity contribution >= 4 is 15.9 Å². The number of rotatable bonds is 9. The van der Waals surface area contributed by atoms with Crippen LogP contribution in [0.15, 0.2) is 29.2 Å². The first-order valence-corrected chi connectivity index (χ1v) is 9.42. The molecule has 0 aliphatic rings. The van der Waals surface area contributed by atoms with Crippen molar-refractivity contribution < 1.29 is 13.2 Å². The molecule has 1 amide bonds. The maximum Gasteiger partial charge on any atom is 0.251 e. The molecule has 1 aromatic rings. The van der Waals surface area contributed by atoms with Crippen LogP contribution in [0.4, 0.5) is 0 Å². The Morgan fingerprint density at radius 1 is 1.13 bits per heavy atom. The highest BCUT2D eigenvalue weighted by Gasteiger charge is 2.21. The molecule has 0 aromatic heterocycles. The fourth-order valence-electron chi connectivity index (χ4n) is 2.26. The lowest BCUT2D eigenvalue weighted by Crippen LogP contribution is -2.38.